The molecule has 0 amide bonds. The van der Waals surface area contributed by atoms with Crippen LogP contribution in [0.15, 0.2) is 34.5 Å². The van der Waals surface area contributed by atoms with E-state index in [1.807, 2.05) is 0 Å². The first-order valence-corrected chi connectivity index (χ1v) is 6.81. The molecule has 1 aromatic heterocycles. The SMILES string of the molecule is CSc1nnc(C(F)F)n1N=Cc1ccc([N+](=O)[O-])cc1. The van der Waals surface area contributed by atoms with Crippen molar-refractivity contribution in [3.8, 4) is 0 Å². The van der Waals surface area contributed by atoms with Crippen molar-refractivity contribution in [2.24, 2.45) is 5.10 Å². The summed E-state index contributed by atoms with van der Waals surface area (Å²) in [5.74, 6) is -0.558. The van der Waals surface area contributed by atoms with Gasteiger partial charge in [0, 0.05) is 12.1 Å². The molecule has 7 nitrogen and oxygen atoms in total. The second-order valence-corrected chi connectivity index (χ2v) is 4.52. The largest absolute Gasteiger partial charge is 0.299 e. The van der Waals surface area contributed by atoms with Crippen LogP contribution >= 0.6 is 11.8 Å². The van der Waals surface area contributed by atoms with E-state index < -0.39 is 17.2 Å². The van der Waals surface area contributed by atoms with Crippen LogP contribution in [-0.4, -0.2) is 32.3 Å². The number of rotatable bonds is 5. The van der Waals surface area contributed by atoms with Gasteiger partial charge in [-0.25, -0.2) is 8.78 Å². The molecule has 0 saturated carbocycles. The summed E-state index contributed by atoms with van der Waals surface area (Å²) >= 11 is 1.13. The lowest BCUT2D eigenvalue weighted by Gasteiger charge is -2.01. The van der Waals surface area contributed by atoms with E-state index in [4.69, 9.17) is 0 Å². The summed E-state index contributed by atoms with van der Waals surface area (Å²) < 4.78 is 26.5. The Morgan fingerprint density at radius 3 is 2.57 bits per heavy atom. The zero-order chi connectivity index (χ0) is 15.4. The van der Waals surface area contributed by atoms with Crippen molar-refractivity contribution < 1.29 is 13.7 Å². The van der Waals surface area contributed by atoms with Crippen molar-refractivity contribution in [3.05, 3.63) is 45.8 Å². The van der Waals surface area contributed by atoms with Crippen LogP contribution in [0.3, 0.4) is 0 Å². The summed E-state index contributed by atoms with van der Waals surface area (Å²) in [4.78, 5) is 10.00. The third-order valence-electron chi connectivity index (χ3n) is 2.44. The van der Waals surface area contributed by atoms with E-state index >= 15 is 0 Å². The number of thioether (sulfide) groups is 1. The van der Waals surface area contributed by atoms with Gasteiger partial charge in [-0.05, 0) is 24.0 Å². The molecule has 0 radical (unpaired) electrons. The van der Waals surface area contributed by atoms with Crippen LogP contribution in [-0.2, 0) is 0 Å². The molecule has 0 unspecified atom stereocenters. The lowest BCUT2D eigenvalue weighted by Crippen LogP contribution is -2.00. The third kappa shape index (κ3) is 3.40. The monoisotopic (exact) mass is 313 g/mol. The van der Waals surface area contributed by atoms with Crippen LogP contribution in [0.25, 0.3) is 0 Å². The maximum atomic E-state index is 12.8. The highest BCUT2D eigenvalue weighted by Crippen LogP contribution is 2.21. The molecule has 0 bridgehead atoms. The molecule has 2 rings (SSSR count). The zero-order valence-electron chi connectivity index (χ0n) is 10.7. The predicted molar refractivity (Wildman–Crippen MR) is 72.8 cm³/mol. The van der Waals surface area contributed by atoms with Gasteiger partial charge in [0.25, 0.3) is 12.1 Å². The Bertz CT molecular complexity index is 672. The number of aromatic nitrogens is 3. The molecule has 1 heterocycles. The lowest BCUT2D eigenvalue weighted by molar-refractivity contribution is -0.384. The molecule has 0 aliphatic carbocycles. The number of benzene rings is 1. The van der Waals surface area contributed by atoms with Gasteiger partial charge in [0.15, 0.2) is 0 Å². The van der Waals surface area contributed by atoms with E-state index in [0.29, 0.717) is 5.56 Å². The molecule has 21 heavy (non-hydrogen) atoms. The molecule has 0 N–H and O–H groups in total. The zero-order valence-corrected chi connectivity index (χ0v) is 11.5. The normalized spacial score (nSPS) is 11.4. The van der Waals surface area contributed by atoms with E-state index in [1.54, 1.807) is 6.26 Å². The molecule has 0 aliphatic heterocycles. The quantitative estimate of drug-likeness (QED) is 0.366. The first-order valence-electron chi connectivity index (χ1n) is 5.59. The molecular formula is C11H9F2N5O2S. The second kappa shape index (κ2) is 6.39. The molecule has 10 heteroatoms. The Labute approximate surface area is 121 Å². The van der Waals surface area contributed by atoms with E-state index in [2.05, 4.69) is 15.3 Å². The standard InChI is InChI=1S/C11H9F2N5O2S/c1-21-11-16-15-10(9(12)13)17(11)14-6-7-2-4-8(5-3-7)18(19)20/h2-6,9H,1H3. The van der Waals surface area contributed by atoms with Gasteiger partial charge in [0.1, 0.15) is 0 Å². The minimum atomic E-state index is -2.80. The summed E-state index contributed by atoms with van der Waals surface area (Å²) in [6, 6.07) is 5.54. The van der Waals surface area contributed by atoms with Crippen molar-refractivity contribution in [2.45, 2.75) is 11.6 Å². The number of halogens is 2. The average molecular weight is 313 g/mol. The molecule has 0 spiro atoms. The number of nitro groups is 1. The van der Waals surface area contributed by atoms with Crippen LogP contribution < -0.4 is 0 Å². The minimum absolute atomic E-state index is 0.0606. The van der Waals surface area contributed by atoms with Crippen LogP contribution in [0.5, 0.6) is 0 Å². The Kier molecular flexibility index (Phi) is 4.58. The fourth-order valence-corrected chi connectivity index (χ4v) is 1.89. The van der Waals surface area contributed by atoms with Crippen molar-refractivity contribution in [1.29, 1.82) is 0 Å². The highest BCUT2D eigenvalue weighted by molar-refractivity contribution is 7.98. The number of hydrogen-bond acceptors (Lipinski definition) is 6. The summed E-state index contributed by atoms with van der Waals surface area (Å²) in [5.41, 5.74) is 0.469. The predicted octanol–water partition coefficient (Wildman–Crippen LogP) is 2.73. The smallest absolute Gasteiger partial charge is 0.258 e. The number of nitro benzene ring substituents is 1. The highest BCUT2D eigenvalue weighted by atomic mass is 32.2. The number of nitrogens with zero attached hydrogens (tertiary/aromatic N) is 5. The maximum Gasteiger partial charge on any atom is 0.299 e. The summed E-state index contributed by atoms with van der Waals surface area (Å²) in [6.07, 6.45) is 0.169. The Morgan fingerprint density at radius 1 is 1.38 bits per heavy atom. The van der Waals surface area contributed by atoms with Crippen LogP contribution in [0.4, 0.5) is 14.5 Å². The van der Waals surface area contributed by atoms with E-state index in [-0.39, 0.29) is 10.8 Å². The van der Waals surface area contributed by atoms with Crippen molar-refractivity contribution in [2.75, 3.05) is 6.26 Å². The van der Waals surface area contributed by atoms with Crippen LogP contribution in [0.1, 0.15) is 17.8 Å². The maximum absolute atomic E-state index is 12.8. The Hall–Kier alpha value is -2.36. The summed E-state index contributed by atoms with van der Waals surface area (Å²) in [6.45, 7) is 0. The first-order chi connectivity index (χ1) is 10.0. The van der Waals surface area contributed by atoms with Crippen molar-refractivity contribution in [1.82, 2.24) is 14.9 Å². The van der Waals surface area contributed by atoms with Gasteiger partial charge in [-0.2, -0.15) is 9.78 Å². The average Bonchev–Trinajstić information content (AvgIpc) is 2.88. The highest BCUT2D eigenvalue weighted by Gasteiger charge is 2.19. The molecule has 1 aromatic carbocycles. The van der Waals surface area contributed by atoms with E-state index in [1.165, 1.54) is 30.5 Å². The fourth-order valence-electron chi connectivity index (χ4n) is 1.46. The van der Waals surface area contributed by atoms with Gasteiger partial charge in [-0.1, -0.05) is 11.8 Å². The molecule has 0 saturated heterocycles. The Morgan fingerprint density at radius 2 is 2.05 bits per heavy atom. The van der Waals surface area contributed by atoms with Crippen molar-refractivity contribution >= 4 is 23.7 Å². The molecule has 2 aromatic rings. The topological polar surface area (TPSA) is 86.2 Å². The molecule has 0 atom stereocenters. The van der Waals surface area contributed by atoms with Gasteiger partial charge in [0.05, 0.1) is 11.1 Å². The lowest BCUT2D eigenvalue weighted by atomic mass is 10.2. The van der Waals surface area contributed by atoms with E-state index in [9.17, 15) is 18.9 Å². The van der Waals surface area contributed by atoms with Gasteiger partial charge in [-0.15, -0.1) is 10.2 Å². The van der Waals surface area contributed by atoms with Gasteiger partial charge in [-0.3, -0.25) is 10.1 Å². The van der Waals surface area contributed by atoms with Gasteiger partial charge in [0.2, 0.25) is 11.0 Å². The number of hydrogen-bond donors (Lipinski definition) is 0. The van der Waals surface area contributed by atoms with Gasteiger partial charge >= 0.3 is 0 Å². The number of alkyl halides is 2. The first kappa shape index (κ1) is 15.0. The molecule has 0 aliphatic rings. The number of non-ortho nitro benzene ring substituents is 1. The third-order valence-corrected chi connectivity index (χ3v) is 3.06. The second-order valence-electron chi connectivity index (χ2n) is 3.75. The Balaban J connectivity index is 2.28. The minimum Gasteiger partial charge on any atom is -0.258 e. The summed E-state index contributed by atoms with van der Waals surface area (Å²) in [7, 11) is 0. The van der Waals surface area contributed by atoms with Crippen molar-refractivity contribution in [3.63, 3.8) is 0 Å². The van der Waals surface area contributed by atoms with Crippen LogP contribution in [0, 0.1) is 10.1 Å². The molecule has 0 fully saturated rings. The van der Waals surface area contributed by atoms with Gasteiger partial charge < -0.3 is 0 Å². The fraction of sp³-hybridized carbons (Fsp3) is 0.182. The van der Waals surface area contributed by atoms with E-state index in [0.717, 1.165) is 16.4 Å². The summed E-state index contributed by atoms with van der Waals surface area (Å²) in [5, 5.41) is 21.6. The molecular weight excluding hydrogens is 304 g/mol. The van der Waals surface area contributed by atoms with Crippen LogP contribution in [0.2, 0.25) is 0 Å². The molecule has 110 valence electrons.